The lowest BCUT2D eigenvalue weighted by atomic mass is 9.59. The fourth-order valence-corrected chi connectivity index (χ4v) is 6.29. The molecule has 3 aliphatic rings. The number of fused-ring (bicyclic) bond motifs is 2. The van der Waals surface area contributed by atoms with Crippen molar-refractivity contribution >= 4 is 11.6 Å². The zero-order valence-corrected chi connectivity index (χ0v) is 21.8. The van der Waals surface area contributed by atoms with Gasteiger partial charge >= 0.3 is 0 Å². The second-order valence-corrected chi connectivity index (χ2v) is 11.3. The Morgan fingerprint density at radius 1 is 0.778 bits per heavy atom. The third-order valence-corrected chi connectivity index (χ3v) is 8.19. The van der Waals surface area contributed by atoms with Crippen LogP contribution in [0.5, 0.6) is 0 Å². The van der Waals surface area contributed by atoms with Gasteiger partial charge in [-0.05, 0) is 61.9 Å². The second-order valence-electron chi connectivity index (χ2n) is 11.3. The average Bonchev–Trinajstić information content (AvgIpc) is 3.51. The molecular weight excluding hydrogens is 432 g/mol. The topological polar surface area (TPSA) is 0 Å². The molecule has 0 nitrogen and oxygen atoms in total. The number of hydrogen-bond acceptors (Lipinski definition) is 0. The van der Waals surface area contributed by atoms with Crippen molar-refractivity contribution in [2.75, 3.05) is 0 Å². The molecule has 0 radical (unpaired) electrons. The van der Waals surface area contributed by atoms with E-state index < -0.39 is 0 Å². The first-order valence-electron chi connectivity index (χ1n) is 13.2. The van der Waals surface area contributed by atoms with E-state index in [-0.39, 0.29) is 16.7 Å². The number of allylic oxidation sites excluding steroid dienone is 9. The van der Waals surface area contributed by atoms with Gasteiger partial charge in [0.15, 0.2) is 0 Å². The summed E-state index contributed by atoms with van der Waals surface area (Å²) in [6, 6.07) is 29.4. The Labute approximate surface area is 216 Å². The summed E-state index contributed by atoms with van der Waals surface area (Å²) in [6.45, 7) is 9.10. The Balaban J connectivity index is 1.60. The lowest BCUT2D eigenvalue weighted by Crippen LogP contribution is -2.35. The summed E-state index contributed by atoms with van der Waals surface area (Å²) in [5.41, 5.74) is 12.2. The number of benzene rings is 3. The van der Waals surface area contributed by atoms with E-state index >= 15 is 0 Å². The van der Waals surface area contributed by atoms with Crippen LogP contribution in [0.4, 0.5) is 0 Å². The number of rotatable bonds is 4. The molecule has 0 N–H and O–H groups in total. The average molecular weight is 467 g/mol. The Morgan fingerprint density at radius 2 is 1.50 bits per heavy atom. The van der Waals surface area contributed by atoms with E-state index in [0.29, 0.717) is 0 Å². The molecule has 3 aliphatic carbocycles. The minimum Gasteiger partial charge on any atom is -0.0686 e. The zero-order chi connectivity index (χ0) is 24.9. The standard InChI is InChI=1S/C36H34/c1-5-25-22-28-13-11-21-36(33(28)23-25,30-14-7-6-8-15-30)34-31-16-10-9-12-27(31)24-32(34)26-17-19-29(20-18-26)35(2,3)4/h6-24,34H,5H2,1-4H3. The molecule has 0 amide bonds. The van der Waals surface area contributed by atoms with E-state index in [1.165, 1.54) is 50.1 Å². The fourth-order valence-electron chi connectivity index (χ4n) is 6.29. The normalized spacial score (nSPS) is 22.4. The second kappa shape index (κ2) is 8.49. The van der Waals surface area contributed by atoms with Crippen LogP contribution >= 0.6 is 0 Å². The Bertz CT molecular complexity index is 1460. The Hall–Kier alpha value is -3.64. The van der Waals surface area contributed by atoms with E-state index in [0.717, 1.165) is 6.42 Å². The summed E-state index contributed by atoms with van der Waals surface area (Å²) in [4.78, 5) is 0. The molecule has 2 unspecified atom stereocenters. The molecule has 0 heteroatoms. The van der Waals surface area contributed by atoms with Gasteiger partial charge in [-0.3, -0.25) is 0 Å². The van der Waals surface area contributed by atoms with E-state index in [2.05, 4.69) is 143 Å². The molecule has 3 aromatic carbocycles. The third-order valence-electron chi connectivity index (χ3n) is 8.19. The molecule has 2 atom stereocenters. The maximum absolute atomic E-state index is 2.47. The maximum Gasteiger partial charge on any atom is 0.0500 e. The van der Waals surface area contributed by atoms with Crippen LogP contribution in [-0.4, -0.2) is 0 Å². The molecule has 0 heterocycles. The van der Waals surface area contributed by atoms with Crippen LogP contribution in [0.25, 0.3) is 11.6 Å². The summed E-state index contributed by atoms with van der Waals surface area (Å²) in [6.07, 6.45) is 15.4. The van der Waals surface area contributed by atoms with Crippen LogP contribution < -0.4 is 0 Å². The van der Waals surface area contributed by atoms with Gasteiger partial charge in [0, 0.05) is 11.3 Å². The van der Waals surface area contributed by atoms with Gasteiger partial charge in [0.05, 0.1) is 0 Å². The van der Waals surface area contributed by atoms with Gasteiger partial charge in [-0.15, -0.1) is 0 Å². The third kappa shape index (κ3) is 3.51. The molecular formula is C36H34. The van der Waals surface area contributed by atoms with Crippen molar-refractivity contribution in [1.29, 1.82) is 0 Å². The van der Waals surface area contributed by atoms with E-state index in [1.54, 1.807) is 0 Å². The van der Waals surface area contributed by atoms with Crippen LogP contribution in [0.3, 0.4) is 0 Å². The number of hydrogen-bond donors (Lipinski definition) is 0. The summed E-state index contributed by atoms with van der Waals surface area (Å²) in [7, 11) is 0. The molecule has 36 heavy (non-hydrogen) atoms. The quantitative estimate of drug-likeness (QED) is 0.359. The van der Waals surface area contributed by atoms with Crippen molar-refractivity contribution in [3.63, 3.8) is 0 Å². The van der Waals surface area contributed by atoms with Gasteiger partial charge < -0.3 is 0 Å². The zero-order valence-electron chi connectivity index (χ0n) is 21.8. The molecule has 0 saturated heterocycles. The van der Waals surface area contributed by atoms with E-state index in [9.17, 15) is 0 Å². The molecule has 178 valence electrons. The lowest BCUT2D eigenvalue weighted by molar-refractivity contribution is 0.579. The smallest absolute Gasteiger partial charge is 0.0500 e. The van der Waals surface area contributed by atoms with Crippen molar-refractivity contribution in [3.05, 3.63) is 154 Å². The molecule has 0 aromatic heterocycles. The highest BCUT2D eigenvalue weighted by Gasteiger charge is 2.49. The highest BCUT2D eigenvalue weighted by atomic mass is 14.5. The maximum atomic E-state index is 2.47. The lowest BCUT2D eigenvalue weighted by Gasteiger charge is -2.43. The Morgan fingerprint density at radius 3 is 2.22 bits per heavy atom. The van der Waals surface area contributed by atoms with Crippen LogP contribution in [0.1, 0.15) is 67.9 Å². The minimum atomic E-state index is -0.278. The molecule has 0 saturated carbocycles. The van der Waals surface area contributed by atoms with Crippen molar-refractivity contribution in [1.82, 2.24) is 0 Å². The van der Waals surface area contributed by atoms with Crippen LogP contribution in [0.2, 0.25) is 0 Å². The van der Waals surface area contributed by atoms with Gasteiger partial charge in [-0.1, -0.05) is 143 Å². The van der Waals surface area contributed by atoms with Crippen molar-refractivity contribution in [2.24, 2.45) is 0 Å². The van der Waals surface area contributed by atoms with Gasteiger partial charge in [0.1, 0.15) is 0 Å². The van der Waals surface area contributed by atoms with Crippen molar-refractivity contribution < 1.29 is 0 Å². The summed E-state index contributed by atoms with van der Waals surface area (Å²) in [5.74, 6) is 0.187. The molecule has 6 rings (SSSR count). The van der Waals surface area contributed by atoms with E-state index in [1.807, 2.05) is 0 Å². The highest BCUT2D eigenvalue weighted by molar-refractivity contribution is 5.94. The van der Waals surface area contributed by atoms with E-state index in [4.69, 9.17) is 0 Å². The van der Waals surface area contributed by atoms with Crippen LogP contribution in [0.15, 0.2) is 126 Å². The predicted octanol–water partition coefficient (Wildman–Crippen LogP) is 9.33. The minimum absolute atomic E-state index is 0.138. The SMILES string of the molecule is CCC1=CC2=CC=CC(c3ccccc3)(C3C(c4ccc(C(C)(C)C)cc4)=Cc4ccccc43)C2=C1. The molecule has 3 aromatic rings. The summed E-state index contributed by atoms with van der Waals surface area (Å²) in [5, 5.41) is 0. The van der Waals surface area contributed by atoms with Gasteiger partial charge in [-0.25, -0.2) is 0 Å². The molecule has 0 bridgehead atoms. The van der Waals surface area contributed by atoms with Crippen molar-refractivity contribution in [2.45, 2.75) is 50.9 Å². The fraction of sp³-hybridized carbons (Fsp3) is 0.222. The Kier molecular flexibility index (Phi) is 5.38. The van der Waals surface area contributed by atoms with Crippen molar-refractivity contribution in [3.8, 4) is 0 Å². The first kappa shape index (κ1) is 22.8. The monoisotopic (exact) mass is 466 g/mol. The summed E-state index contributed by atoms with van der Waals surface area (Å²) < 4.78 is 0. The predicted molar refractivity (Wildman–Crippen MR) is 154 cm³/mol. The molecule has 0 aliphatic heterocycles. The molecule has 0 spiro atoms. The first-order valence-corrected chi connectivity index (χ1v) is 13.2. The largest absolute Gasteiger partial charge is 0.0686 e. The van der Waals surface area contributed by atoms with Gasteiger partial charge in [-0.2, -0.15) is 0 Å². The van der Waals surface area contributed by atoms with Gasteiger partial charge in [0.25, 0.3) is 0 Å². The van der Waals surface area contributed by atoms with Crippen LogP contribution in [-0.2, 0) is 10.8 Å². The first-order chi connectivity index (χ1) is 17.4. The summed E-state index contributed by atoms with van der Waals surface area (Å²) >= 11 is 0. The highest BCUT2D eigenvalue weighted by Crippen LogP contribution is 2.59. The molecule has 0 fully saturated rings. The van der Waals surface area contributed by atoms with Crippen LogP contribution in [0, 0.1) is 0 Å². The van der Waals surface area contributed by atoms with Gasteiger partial charge in [0.2, 0.25) is 0 Å².